The number of unbranched alkanes of at least 4 members (excludes halogenated alkanes) is 4. The number of ether oxygens (including phenoxy) is 1. The molecule has 0 aliphatic carbocycles. The van der Waals surface area contributed by atoms with Crippen LogP contribution >= 0.6 is 0 Å². The zero-order valence-electron chi connectivity index (χ0n) is 10.00. The third-order valence-corrected chi connectivity index (χ3v) is 2.21. The summed E-state index contributed by atoms with van der Waals surface area (Å²) in [5.41, 5.74) is 0. The van der Waals surface area contributed by atoms with Gasteiger partial charge in [0.25, 0.3) is 0 Å². The van der Waals surface area contributed by atoms with E-state index in [9.17, 15) is 4.79 Å². The van der Waals surface area contributed by atoms with E-state index in [1.54, 1.807) is 0 Å². The van der Waals surface area contributed by atoms with Gasteiger partial charge in [0.1, 0.15) is 0 Å². The number of nitrogens with two attached hydrogens (primary N) is 1. The molecule has 0 unspecified atom stereocenters. The van der Waals surface area contributed by atoms with Gasteiger partial charge in [-0.1, -0.05) is 39.5 Å². The molecule has 0 fully saturated rings. The fraction of sp³-hybridized carbons (Fsp3) is 0.909. The molecule has 4 nitrogen and oxygen atoms in total. The molecule has 15 heavy (non-hydrogen) atoms. The maximum absolute atomic E-state index is 11.3. The molecule has 90 valence electrons. The minimum Gasteiger partial charge on any atom is -0.448 e. The highest BCUT2D eigenvalue weighted by Crippen LogP contribution is 2.00. The van der Waals surface area contributed by atoms with Crippen LogP contribution in [-0.2, 0) is 4.74 Å². The van der Waals surface area contributed by atoms with Crippen LogP contribution in [0.15, 0.2) is 0 Å². The molecule has 0 aromatic carbocycles. The number of hydrogen-bond donors (Lipinski definition) is 1. The van der Waals surface area contributed by atoms with Gasteiger partial charge in [-0.15, -0.1) is 0 Å². The van der Waals surface area contributed by atoms with Gasteiger partial charge in [-0.3, -0.25) is 0 Å². The largest absolute Gasteiger partial charge is 0.448 e. The topological polar surface area (TPSA) is 55.6 Å². The van der Waals surface area contributed by atoms with E-state index in [1.165, 1.54) is 17.9 Å². The van der Waals surface area contributed by atoms with Crippen LogP contribution in [0.4, 0.5) is 4.79 Å². The summed E-state index contributed by atoms with van der Waals surface area (Å²) >= 11 is 0. The highest BCUT2D eigenvalue weighted by Gasteiger charge is 2.09. The van der Waals surface area contributed by atoms with Crippen molar-refractivity contribution in [2.75, 3.05) is 13.2 Å². The third kappa shape index (κ3) is 8.24. The highest BCUT2D eigenvalue weighted by atomic mass is 16.6. The molecule has 2 N–H and O–H groups in total. The highest BCUT2D eigenvalue weighted by molar-refractivity contribution is 5.66. The molecule has 0 aromatic heterocycles. The lowest BCUT2D eigenvalue weighted by Gasteiger charge is -2.15. The second kappa shape index (κ2) is 9.77. The Morgan fingerprint density at radius 3 is 2.40 bits per heavy atom. The maximum Gasteiger partial charge on any atom is 0.424 e. The number of hydrazine groups is 1. The van der Waals surface area contributed by atoms with Crippen molar-refractivity contribution in [2.45, 2.75) is 52.4 Å². The molecule has 4 heteroatoms. The first-order chi connectivity index (χ1) is 7.22. The molecule has 0 aromatic rings. The van der Waals surface area contributed by atoms with Crippen molar-refractivity contribution in [1.82, 2.24) is 5.01 Å². The molecule has 0 rings (SSSR count). The summed E-state index contributed by atoms with van der Waals surface area (Å²) in [6, 6.07) is 0. The summed E-state index contributed by atoms with van der Waals surface area (Å²) in [7, 11) is 0. The Morgan fingerprint density at radius 2 is 1.80 bits per heavy atom. The van der Waals surface area contributed by atoms with Crippen LogP contribution in [0.25, 0.3) is 0 Å². The zero-order valence-corrected chi connectivity index (χ0v) is 10.00. The predicted molar refractivity (Wildman–Crippen MR) is 61.3 cm³/mol. The minimum atomic E-state index is -0.403. The Bertz CT molecular complexity index is 163. The van der Waals surface area contributed by atoms with Crippen LogP contribution in [0.2, 0.25) is 0 Å². The molecule has 0 radical (unpaired) electrons. The van der Waals surface area contributed by atoms with Gasteiger partial charge < -0.3 is 4.74 Å². The Balaban J connectivity index is 3.42. The Labute approximate surface area is 92.7 Å². The Kier molecular flexibility index (Phi) is 9.27. The summed E-state index contributed by atoms with van der Waals surface area (Å²) < 4.78 is 4.96. The van der Waals surface area contributed by atoms with E-state index >= 15 is 0 Å². The van der Waals surface area contributed by atoms with Gasteiger partial charge >= 0.3 is 6.09 Å². The molecule has 1 amide bonds. The van der Waals surface area contributed by atoms with E-state index in [2.05, 4.69) is 13.8 Å². The van der Waals surface area contributed by atoms with Gasteiger partial charge in [0.15, 0.2) is 0 Å². The molecule has 0 heterocycles. The van der Waals surface area contributed by atoms with Crippen molar-refractivity contribution in [3.05, 3.63) is 0 Å². The summed E-state index contributed by atoms with van der Waals surface area (Å²) in [5, 5.41) is 1.17. The average Bonchev–Trinajstić information content (AvgIpc) is 2.24. The van der Waals surface area contributed by atoms with E-state index in [4.69, 9.17) is 10.6 Å². The Hall–Kier alpha value is -0.770. The first-order valence-electron chi connectivity index (χ1n) is 5.91. The van der Waals surface area contributed by atoms with Crippen molar-refractivity contribution in [3.63, 3.8) is 0 Å². The predicted octanol–water partition coefficient (Wildman–Crippen LogP) is 2.68. The number of carbonyl (C=O) groups is 1. The quantitative estimate of drug-likeness (QED) is 0.294. The molecule has 0 bridgehead atoms. The van der Waals surface area contributed by atoms with Crippen molar-refractivity contribution in [2.24, 2.45) is 5.84 Å². The lowest BCUT2D eigenvalue weighted by molar-refractivity contribution is 0.100. The number of rotatable bonds is 8. The van der Waals surface area contributed by atoms with E-state index in [-0.39, 0.29) is 0 Å². The minimum absolute atomic E-state index is 0.403. The lowest BCUT2D eigenvalue weighted by atomic mass is 10.2. The monoisotopic (exact) mass is 216 g/mol. The fourth-order valence-corrected chi connectivity index (χ4v) is 1.19. The summed E-state index contributed by atoms with van der Waals surface area (Å²) in [6.45, 7) is 5.26. The molecule has 0 aliphatic rings. The zero-order chi connectivity index (χ0) is 11.5. The SMILES string of the molecule is CCCCCCN(N)C(=O)OCCCC. The standard InChI is InChI=1S/C11H24N2O2/c1-3-5-7-8-9-13(12)11(14)15-10-6-4-2/h3-10,12H2,1-2H3. The molecule has 0 atom stereocenters. The van der Waals surface area contributed by atoms with Crippen LogP contribution in [0.3, 0.4) is 0 Å². The van der Waals surface area contributed by atoms with E-state index < -0.39 is 6.09 Å². The molecular formula is C11H24N2O2. The summed E-state index contributed by atoms with van der Waals surface area (Å²) in [6.07, 6.45) is 5.97. The van der Waals surface area contributed by atoms with E-state index in [1.807, 2.05) is 0 Å². The summed E-state index contributed by atoms with van der Waals surface area (Å²) in [5.74, 6) is 5.54. The fourth-order valence-electron chi connectivity index (χ4n) is 1.19. The van der Waals surface area contributed by atoms with Gasteiger partial charge in [0.05, 0.1) is 6.61 Å². The molecular weight excluding hydrogens is 192 g/mol. The number of amides is 1. The summed E-state index contributed by atoms with van der Waals surface area (Å²) in [4.78, 5) is 11.3. The Morgan fingerprint density at radius 1 is 1.13 bits per heavy atom. The molecule has 0 aliphatic heterocycles. The number of nitrogens with zero attached hydrogens (tertiary/aromatic N) is 1. The van der Waals surface area contributed by atoms with Gasteiger partial charge in [-0.05, 0) is 12.8 Å². The van der Waals surface area contributed by atoms with E-state index in [0.29, 0.717) is 13.2 Å². The van der Waals surface area contributed by atoms with Crippen molar-refractivity contribution < 1.29 is 9.53 Å². The van der Waals surface area contributed by atoms with Crippen LogP contribution in [-0.4, -0.2) is 24.3 Å². The van der Waals surface area contributed by atoms with Gasteiger partial charge in [0, 0.05) is 6.54 Å². The molecule has 0 spiro atoms. The third-order valence-electron chi connectivity index (χ3n) is 2.21. The van der Waals surface area contributed by atoms with Gasteiger partial charge in [-0.2, -0.15) is 0 Å². The van der Waals surface area contributed by atoms with Crippen LogP contribution in [0, 0.1) is 0 Å². The van der Waals surface area contributed by atoms with E-state index in [0.717, 1.165) is 25.7 Å². The normalized spacial score (nSPS) is 10.1. The van der Waals surface area contributed by atoms with Gasteiger partial charge in [0.2, 0.25) is 0 Å². The lowest BCUT2D eigenvalue weighted by Crippen LogP contribution is -2.38. The van der Waals surface area contributed by atoms with Crippen molar-refractivity contribution >= 4 is 6.09 Å². The van der Waals surface area contributed by atoms with Gasteiger partial charge in [-0.25, -0.2) is 15.6 Å². The van der Waals surface area contributed by atoms with Crippen LogP contribution in [0.5, 0.6) is 0 Å². The smallest absolute Gasteiger partial charge is 0.424 e. The van der Waals surface area contributed by atoms with Crippen LogP contribution in [0.1, 0.15) is 52.4 Å². The van der Waals surface area contributed by atoms with Crippen molar-refractivity contribution in [1.29, 1.82) is 0 Å². The number of hydrogen-bond acceptors (Lipinski definition) is 3. The first-order valence-corrected chi connectivity index (χ1v) is 5.91. The molecule has 0 saturated heterocycles. The van der Waals surface area contributed by atoms with Crippen molar-refractivity contribution in [3.8, 4) is 0 Å². The molecule has 0 saturated carbocycles. The average molecular weight is 216 g/mol. The first kappa shape index (κ1) is 14.2. The maximum atomic E-state index is 11.3. The second-order valence-electron chi connectivity index (χ2n) is 3.72. The second-order valence-corrected chi connectivity index (χ2v) is 3.72. The van der Waals surface area contributed by atoms with Crippen LogP contribution < -0.4 is 5.84 Å². The number of carbonyl (C=O) groups excluding carboxylic acids is 1.